The van der Waals surface area contributed by atoms with E-state index < -0.39 is 0 Å². The van der Waals surface area contributed by atoms with Crippen LogP contribution in [0.5, 0.6) is 0 Å². The number of hydrogen-bond acceptors (Lipinski definition) is 4. The summed E-state index contributed by atoms with van der Waals surface area (Å²) in [5, 5.41) is 10.2. The van der Waals surface area contributed by atoms with Crippen LogP contribution in [0, 0.1) is 0 Å². The van der Waals surface area contributed by atoms with Gasteiger partial charge in [-0.15, -0.1) is 11.3 Å². The smallest absolute Gasteiger partial charge is 0.164 e. The van der Waals surface area contributed by atoms with E-state index in [4.69, 9.17) is 15.0 Å². The van der Waals surface area contributed by atoms with Gasteiger partial charge in [-0.1, -0.05) is 212 Å². The van der Waals surface area contributed by atoms with Gasteiger partial charge in [0, 0.05) is 36.9 Å². The molecule has 0 aliphatic carbocycles. The van der Waals surface area contributed by atoms with Crippen LogP contribution in [-0.2, 0) is 0 Å². The van der Waals surface area contributed by atoms with Crippen molar-refractivity contribution < 1.29 is 0 Å². The Morgan fingerprint density at radius 2 is 0.642 bits per heavy atom. The van der Waals surface area contributed by atoms with Crippen molar-refractivity contribution in [3.63, 3.8) is 0 Å². The van der Waals surface area contributed by atoms with E-state index in [0.717, 1.165) is 38.9 Å². The van der Waals surface area contributed by atoms with Crippen molar-refractivity contribution in [1.82, 2.24) is 15.0 Å². The Kier molecular flexibility index (Phi) is 9.36. The molecule has 0 N–H and O–H groups in total. The summed E-state index contributed by atoms with van der Waals surface area (Å²) < 4.78 is 2.50. The maximum absolute atomic E-state index is 5.17. The number of rotatable bonds is 7. The van der Waals surface area contributed by atoms with E-state index in [2.05, 4.69) is 200 Å². The molecule has 0 saturated heterocycles. The molecule has 2 heterocycles. The lowest BCUT2D eigenvalue weighted by Crippen LogP contribution is -2.01. The average Bonchev–Trinajstić information content (AvgIpc) is 3.80. The third-order valence-corrected chi connectivity index (χ3v) is 14.3. The lowest BCUT2D eigenvalue weighted by molar-refractivity contribution is 1.07. The number of hydrogen-bond donors (Lipinski definition) is 0. The Hall–Kier alpha value is -8.57. The monoisotopic (exact) mass is 869 g/mol. The zero-order valence-corrected chi connectivity index (χ0v) is 37.1. The van der Waals surface area contributed by atoms with Crippen LogP contribution in [0.3, 0.4) is 0 Å². The van der Waals surface area contributed by atoms with E-state index in [1.165, 1.54) is 74.7 Å². The third kappa shape index (κ3) is 6.86. The van der Waals surface area contributed by atoms with E-state index in [1.807, 2.05) is 47.7 Å². The summed E-state index contributed by atoms with van der Waals surface area (Å²) >= 11 is 1.84. The summed E-state index contributed by atoms with van der Waals surface area (Å²) in [6, 6.07) is 84.8. The van der Waals surface area contributed by atoms with Crippen LogP contribution in [-0.4, -0.2) is 15.0 Å². The fraction of sp³-hybridized carbons (Fsp3) is 0. The molecule has 0 fully saturated rings. The molecular weight excluding hydrogens is 831 g/mol. The van der Waals surface area contributed by atoms with Crippen LogP contribution in [0.25, 0.3) is 131 Å². The minimum atomic E-state index is 0.638. The average molecular weight is 870 g/mol. The normalized spacial score (nSPS) is 11.6. The quantitative estimate of drug-likeness (QED) is 0.150. The van der Waals surface area contributed by atoms with Crippen molar-refractivity contribution in [3.05, 3.63) is 237 Å². The van der Waals surface area contributed by atoms with Crippen molar-refractivity contribution in [2.45, 2.75) is 0 Å². The van der Waals surface area contributed by atoms with Crippen molar-refractivity contribution in [1.29, 1.82) is 0 Å². The highest BCUT2D eigenvalue weighted by molar-refractivity contribution is 7.26. The number of nitrogens with zero attached hydrogens (tertiary/aromatic N) is 3. The van der Waals surface area contributed by atoms with Crippen LogP contribution < -0.4 is 0 Å². The first-order valence-electron chi connectivity index (χ1n) is 22.7. The Labute approximate surface area is 392 Å². The maximum Gasteiger partial charge on any atom is 0.164 e. The summed E-state index contributed by atoms with van der Waals surface area (Å²) in [5.41, 5.74) is 12.2. The first-order chi connectivity index (χ1) is 33.2. The molecule has 13 aromatic rings. The van der Waals surface area contributed by atoms with Gasteiger partial charge in [-0.05, 0) is 101 Å². The molecule has 67 heavy (non-hydrogen) atoms. The number of aromatic nitrogens is 3. The lowest BCUT2D eigenvalue weighted by Gasteiger charge is -2.15. The first kappa shape index (κ1) is 38.9. The summed E-state index contributed by atoms with van der Waals surface area (Å²) in [6.45, 7) is 0. The van der Waals surface area contributed by atoms with Crippen LogP contribution in [0.2, 0.25) is 0 Å². The van der Waals surface area contributed by atoms with Gasteiger partial charge in [0.1, 0.15) is 0 Å². The highest BCUT2D eigenvalue weighted by Crippen LogP contribution is 2.45. The Bertz CT molecular complexity index is 3920. The fourth-order valence-electron chi connectivity index (χ4n) is 9.87. The molecule has 312 valence electrons. The Morgan fingerprint density at radius 1 is 0.224 bits per heavy atom. The summed E-state index contributed by atoms with van der Waals surface area (Å²) in [5.74, 6) is 1.93. The minimum Gasteiger partial charge on any atom is -0.208 e. The molecule has 0 bridgehead atoms. The second kappa shape index (κ2) is 16.1. The van der Waals surface area contributed by atoms with Crippen molar-refractivity contribution in [3.8, 4) is 78.7 Å². The second-order valence-electron chi connectivity index (χ2n) is 17.1. The van der Waals surface area contributed by atoms with Crippen LogP contribution >= 0.6 is 11.3 Å². The molecule has 13 rings (SSSR count). The summed E-state index contributed by atoms with van der Waals surface area (Å²) in [4.78, 5) is 15.3. The summed E-state index contributed by atoms with van der Waals surface area (Å²) in [6.07, 6.45) is 0. The van der Waals surface area contributed by atoms with E-state index >= 15 is 0 Å². The molecule has 0 spiro atoms. The molecule has 3 nitrogen and oxygen atoms in total. The third-order valence-electron chi connectivity index (χ3n) is 13.2. The molecular formula is C63H39N3S. The van der Waals surface area contributed by atoms with Gasteiger partial charge in [0.05, 0.1) is 0 Å². The Balaban J connectivity index is 0.883. The van der Waals surface area contributed by atoms with Crippen molar-refractivity contribution in [2.24, 2.45) is 0 Å². The van der Waals surface area contributed by atoms with Gasteiger partial charge in [0.2, 0.25) is 0 Å². The number of fused-ring (bicyclic) bond motifs is 9. The predicted molar refractivity (Wildman–Crippen MR) is 283 cm³/mol. The SMILES string of the molecule is c1ccc(-c2nc(-c3ccccc3)nc(-c3ccccc3-c3cc(-c4ccc(-c5ccc(-c6ccc7c8ccccc8c8ccccc8c7c6)cc5)cc4)cc4sc5ccccc5c34)n2)cc1. The summed E-state index contributed by atoms with van der Waals surface area (Å²) in [7, 11) is 0. The van der Waals surface area contributed by atoms with Crippen molar-refractivity contribution >= 4 is 63.8 Å². The van der Waals surface area contributed by atoms with Gasteiger partial charge in [0.25, 0.3) is 0 Å². The maximum atomic E-state index is 5.17. The predicted octanol–water partition coefficient (Wildman–Crippen LogP) is 17.4. The molecule has 0 amide bonds. The first-order valence-corrected chi connectivity index (χ1v) is 23.5. The van der Waals surface area contributed by atoms with Gasteiger partial charge in [-0.3, -0.25) is 0 Å². The van der Waals surface area contributed by atoms with Crippen LogP contribution in [0.4, 0.5) is 0 Å². The zero-order chi connectivity index (χ0) is 44.3. The molecule has 0 aliphatic heterocycles. The van der Waals surface area contributed by atoms with Gasteiger partial charge in [-0.2, -0.15) is 0 Å². The fourth-order valence-corrected chi connectivity index (χ4v) is 11.0. The standard InChI is InChI=1S/C63H39N3S/c1-3-15-44(16-4-1)61-64-62(45-17-5-2-6-18-45)66-63(65-61)54-24-12-11-23-52(54)57-38-47(39-59-60(57)55-25-13-14-26-58(55)67-59)43-33-29-41(30-34-43)40-27-31-42(32-28-40)46-35-36-53-50-21-8-7-19-48(50)49-20-9-10-22-51(49)56(53)37-46/h1-39H. The van der Waals surface area contributed by atoms with Gasteiger partial charge >= 0.3 is 0 Å². The molecule has 11 aromatic carbocycles. The van der Waals surface area contributed by atoms with E-state index in [-0.39, 0.29) is 0 Å². The van der Waals surface area contributed by atoms with Crippen LogP contribution in [0.15, 0.2) is 237 Å². The van der Waals surface area contributed by atoms with E-state index in [1.54, 1.807) is 0 Å². The Morgan fingerprint density at radius 3 is 1.22 bits per heavy atom. The van der Waals surface area contributed by atoms with Gasteiger partial charge in [-0.25, -0.2) is 15.0 Å². The highest BCUT2D eigenvalue weighted by atomic mass is 32.1. The number of thiophene rings is 1. The number of benzene rings is 11. The molecule has 0 aliphatic rings. The van der Waals surface area contributed by atoms with E-state index in [9.17, 15) is 0 Å². The topological polar surface area (TPSA) is 38.7 Å². The molecule has 2 aromatic heterocycles. The minimum absolute atomic E-state index is 0.638. The molecule has 0 radical (unpaired) electrons. The molecule has 0 unspecified atom stereocenters. The lowest BCUT2D eigenvalue weighted by atomic mass is 9.91. The highest BCUT2D eigenvalue weighted by Gasteiger charge is 2.20. The van der Waals surface area contributed by atoms with Gasteiger partial charge < -0.3 is 0 Å². The van der Waals surface area contributed by atoms with E-state index in [0.29, 0.717) is 17.5 Å². The van der Waals surface area contributed by atoms with Crippen molar-refractivity contribution in [2.75, 3.05) is 0 Å². The molecule has 0 saturated carbocycles. The molecule has 4 heteroatoms. The second-order valence-corrected chi connectivity index (χ2v) is 18.2. The van der Waals surface area contributed by atoms with Gasteiger partial charge in [0.15, 0.2) is 17.5 Å². The largest absolute Gasteiger partial charge is 0.208 e. The molecule has 0 atom stereocenters. The van der Waals surface area contributed by atoms with Crippen LogP contribution in [0.1, 0.15) is 0 Å². The zero-order valence-electron chi connectivity index (χ0n) is 36.3.